The summed E-state index contributed by atoms with van der Waals surface area (Å²) in [6.07, 6.45) is 8.42. The minimum absolute atomic E-state index is 0.0100. The van der Waals surface area contributed by atoms with E-state index in [1.54, 1.807) is 7.11 Å². The first-order valence-electron chi connectivity index (χ1n) is 9.92. The van der Waals surface area contributed by atoms with Crippen LogP contribution in [0.15, 0.2) is 48.5 Å². The molecule has 0 spiro atoms. The first-order chi connectivity index (χ1) is 13.3. The van der Waals surface area contributed by atoms with Crippen molar-refractivity contribution in [2.75, 3.05) is 7.11 Å². The van der Waals surface area contributed by atoms with Gasteiger partial charge in [-0.1, -0.05) is 50.3 Å². The van der Waals surface area contributed by atoms with E-state index < -0.39 is 0 Å². The lowest BCUT2D eigenvalue weighted by Crippen LogP contribution is -2.35. The minimum atomic E-state index is -0.0100. The number of para-hydroxylation sites is 1. The molecule has 1 aliphatic carbocycles. The lowest BCUT2D eigenvalue weighted by molar-refractivity contribution is 0.0930. The lowest BCUT2D eigenvalue weighted by atomic mass is 9.96. The van der Waals surface area contributed by atoms with Crippen molar-refractivity contribution in [3.8, 4) is 11.5 Å². The monoisotopic (exact) mass is 367 g/mol. The van der Waals surface area contributed by atoms with Gasteiger partial charge in [0.1, 0.15) is 18.1 Å². The van der Waals surface area contributed by atoms with Gasteiger partial charge in [0.25, 0.3) is 5.91 Å². The summed E-state index contributed by atoms with van der Waals surface area (Å²) in [6, 6.07) is 15.5. The van der Waals surface area contributed by atoms with E-state index in [0.717, 1.165) is 29.9 Å². The molecule has 1 saturated carbocycles. The van der Waals surface area contributed by atoms with Gasteiger partial charge in [-0.05, 0) is 43.2 Å². The molecule has 1 fully saturated rings. The van der Waals surface area contributed by atoms with Crippen LogP contribution >= 0.6 is 0 Å². The zero-order valence-corrected chi connectivity index (χ0v) is 16.1. The van der Waals surface area contributed by atoms with Gasteiger partial charge in [0, 0.05) is 17.2 Å². The Morgan fingerprint density at radius 1 is 1.00 bits per heavy atom. The fourth-order valence-electron chi connectivity index (χ4n) is 3.58. The second-order valence-electron chi connectivity index (χ2n) is 7.14. The minimum Gasteiger partial charge on any atom is -0.496 e. The third-order valence-corrected chi connectivity index (χ3v) is 5.12. The van der Waals surface area contributed by atoms with Crippen LogP contribution in [0.5, 0.6) is 11.5 Å². The highest BCUT2D eigenvalue weighted by Gasteiger charge is 2.16. The number of rotatable bonds is 6. The Morgan fingerprint density at radius 3 is 2.41 bits per heavy atom. The van der Waals surface area contributed by atoms with Crippen LogP contribution in [0.25, 0.3) is 0 Å². The third kappa shape index (κ3) is 5.75. The zero-order valence-electron chi connectivity index (χ0n) is 16.1. The van der Waals surface area contributed by atoms with Gasteiger partial charge in [-0.15, -0.1) is 0 Å². The summed E-state index contributed by atoms with van der Waals surface area (Å²) in [6.45, 7) is 0.359. The normalized spacial score (nSPS) is 15.4. The molecule has 1 amide bonds. The highest BCUT2D eigenvalue weighted by Crippen LogP contribution is 2.23. The molecule has 0 unspecified atom stereocenters. The van der Waals surface area contributed by atoms with Crippen LogP contribution in [0, 0.1) is 0 Å². The van der Waals surface area contributed by atoms with Crippen LogP contribution < -0.4 is 14.8 Å². The Morgan fingerprint density at radius 2 is 1.70 bits per heavy atom. The average Bonchev–Trinajstić information content (AvgIpc) is 2.68. The molecule has 4 nitrogen and oxygen atoms in total. The number of hydrogen-bond acceptors (Lipinski definition) is 3. The van der Waals surface area contributed by atoms with Crippen molar-refractivity contribution in [1.29, 1.82) is 0 Å². The van der Waals surface area contributed by atoms with Crippen molar-refractivity contribution in [3.63, 3.8) is 0 Å². The number of carbonyl (C=O) groups is 1. The molecular weight excluding hydrogens is 338 g/mol. The van der Waals surface area contributed by atoms with E-state index in [1.165, 1.54) is 32.1 Å². The van der Waals surface area contributed by atoms with Gasteiger partial charge >= 0.3 is 0 Å². The molecule has 0 radical (unpaired) electrons. The average molecular weight is 367 g/mol. The van der Waals surface area contributed by atoms with Gasteiger partial charge < -0.3 is 14.8 Å². The lowest BCUT2D eigenvalue weighted by Gasteiger charge is -2.21. The molecule has 2 aromatic carbocycles. The molecule has 4 heteroatoms. The maximum Gasteiger partial charge on any atom is 0.251 e. The van der Waals surface area contributed by atoms with Crippen molar-refractivity contribution < 1.29 is 14.3 Å². The van der Waals surface area contributed by atoms with Crippen LogP contribution in [0.3, 0.4) is 0 Å². The highest BCUT2D eigenvalue weighted by molar-refractivity contribution is 5.94. The largest absolute Gasteiger partial charge is 0.496 e. The fourth-order valence-corrected chi connectivity index (χ4v) is 3.58. The van der Waals surface area contributed by atoms with Crippen LogP contribution in [0.2, 0.25) is 0 Å². The standard InChI is InChI=1S/C23H29NO3/c1-26-22-15-14-18(16-19(22)17-27-21-12-8-5-9-13-21)23(25)24-20-10-6-3-2-4-7-11-20/h5,8-9,12-16,20H,2-4,6-7,10-11,17H2,1H3,(H,24,25). The van der Waals surface area contributed by atoms with E-state index in [1.807, 2.05) is 48.5 Å². The Bertz CT molecular complexity index is 722. The van der Waals surface area contributed by atoms with Crippen molar-refractivity contribution in [3.05, 3.63) is 59.7 Å². The Labute approximate surface area is 161 Å². The van der Waals surface area contributed by atoms with Crippen LogP contribution in [0.4, 0.5) is 0 Å². The predicted octanol–water partition coefficient (Wildman–Crippen LogP) is 5.12. The van der Waals surface area contributed by atoms with Gasteiger partial charge in [-0.2, -0.15) is 0 Å². The molecule has 0 aromatic heterocycles. The van der Waals surface area contributed by atoms with E-state index in [-0.39, 0.29) is 11.9 Å². The summed E-state index contributed by atoms with van der Waals surface area (Å²) in [7, 11) is 1.63. The van der Waals surface area contributed by atoms with Gasteiger partial charge in [0.15, 0.2) is 0 Å². The first kappa shape index (κ1) is 19.3. The quantitative estimate of drug-likeness (QED) is 0.771. The number of benzene rings is 2. The van der Waals surface area contributed by atoms with Crippen LogP contribution in [-0.4, -0.2) is 19.1 Å². The number of methoxy groups -OCH3 is 1. The van der Waals surface area contributed by atoms with Crippen LogP contribution in [0.1, 0.15) is 60.9 Å². The molecule has 1 aliphatic rings. The van der Waals surface area contributed by atoms with E-state index >= 15 is 0 Å². The molecule has 0 heterocycles. The molecule has 2 aromatic rings. The fraction of sp³-hybridized carbons (Fsp3) is 0.435. The van der Waals surface area contributed by atoms with Gasteiger partial charge in [0.05, 0.1) is 7.11 Å². The van der Waals surface area contributed by atoms with Crippen molar-refractivity contribution >= 4 is 5.91 Å². The zero-order chi connectivity index (χ0) is 18.9. The summed E-state index contributed by atoms with van der Waals surface area (Å²) in [4.78, 5) is 12.7. The van der Waals surface area contributed by atoms with Gasteiger partial charge in [-0.3, -0.25) is 4.79 Å². The van der Waals surface area contributed by atoms with Crippen LogP contribution in [-0.2, 0) is 6.61 Å². The summed E-state index contributed by atoms with van der Waals surface area (Å²) >= 11 is 0. The van der Waals surface area contributed by atoms with Gasteiger partial charge in [-0.25, -0.2) is 0 Å². The second kappa shape index (κ2) is 10.0. The molecule has 27 heavy (non-hydrogen) atoms. The molecule has 1 N–H and O–H groups in total. The summed E-state index contributed by atoms with van der Waals surface area (Å²) < 4.78 is 11.3. The number of hydrogen-bond donors (Lipinski definition) is 1. The predicted molar refractivity (Wildman–Crippen MR) is 107 cm³/mol. The molecule has 0 aliphatic heterocycles. The molecular formula is C23H29NO3. The topological polar surface area (TPSA) is 47.6 Å². The SMILES string of the molecule is COc1ccc(C(=O)NC2CCCCCCC2)cc1COc1ccccc1. The Kier molecular flexibility index (Phi) is 7.14. The number of carbonyl (C=O) groups excluding carboxylic acids is 1. The first-order valence-corrected chi connectivity index (χ1v) is 9.92. The molecule has 0 atom stereocenters. The van der Waals surface area contributed by atoms with E-state index in [9.17, 15) is 4.79 Å². The second-order valence-corrected chi connectivity index (χ2v) is 7.14. The van der Waals surface area contributed by atoms with Gasteiger partial charge in [0.2, 0.25) is 0 Å². The highest BCUT2D eigenvalue weighted by atomic mass is 16.5. The number of nitrogens with one attached hydrogen (secondary N) is 1. The smallest absolute Gasteiger partial charge is 0.251 e. The van der Waals surface area contributed by atoms with E-state index in [2.05, 4.69) is 5.32 Å². The van der Waals surface area contributed by atoms with Crippen molar-refractivity contribution in [1.82, 2.24) is 5.32 Å². The molecule has 0 bridgehead atoms. The molecule has 144 valence electrons. The van der Waals surface area contributed by atoms with E-state index in [4.69, 9.17) is 9.47 Å². The maximum absolute atomic E-state index is 12.7. The summed E-state index contributed by atoms with van der Waals surface area (Å²) in [5, 5.41) is 3.22. The van der Waals surface area contributed by atoms with E-state index in [0.29, 0.717) is 12.2 Å². The van der Waals surface area contributed by atoms with Crippen molar-refractivity contribution in [2.45, 2.75) is 57.6 Å². The van der Waals surface area contributed by atoms with Crippen molar-refractivity contribution in [2.24, 2.45) is 0 Å². The Balaban J connectivity index is 1.66. The molecule has 3 rings (SSSR count). The number of ether oxygens (including phenoxy) is 2. The number of amides is 1. The third-order valence-electron chi connectivity index (χ3n) is 5.12. The maximum atomic E-state index is 12.7. The molecule has 0 saturated heterocycles. The Hall–Kier alpha value is -2.49. The summed E-state index contributed by atoms with van der Waals surface area (Å²) in [5.41, 5.74) is 1.52. The summed E-state index contributed by atoms with van der Waals surface area (Å²) in [5.74, 6) is 1.52.